The van der Waals surface area contributed by atoms with Gasteiger partial charge in [0.2, 0.25) is 11.8 Å². The smallest absolute Gasteiger partial charge is 0.246 e. The number of nitrogens with one attached hydrogen (secondary N) is 1. The van der Waals surface area contributed by atoms with Gasteiger partial charge in [0.05, 0.1) is 18.2 Å². The summed E-state index contributed by atoms with van der Waals surface area (Å²) in [5.41, 5.74) is 1.77. The molecule has 20 heavy (non-hydrogen) atoms. The molecule has 6 nitrogen and oxygen atoms in total. The molecule has 0 bridgehead atoms. The maximum atomic E-state index is 12.2. The summed E-state index contributed by atoms with van der Waals surface area (Å²) < 4.78 is 5.14. The minimum Gasteiger partial charge on any atom is -0.361 e. The van der Waals surface area contributed by atoms with Gasteiger partial charge in [0.1, 0.15) is 5.76 Å². The summed E-state index contributed by atoms with van der Waals surface area (Å²) in [4.78, 5) is 25.4. The van der Waals surface area contributed by atoms with Gasteiger partial charge in [-0.05, 0) is 27.2 Å². The van der Waals surface area contributed by atoms with Crippen molar-refractivity contribution in [3.63, 3.8) is 0 Å². The molecule has 0 saturated carbocycles. The van der Waals surface area contributed by atoms with Gasteiger partial charge in [0.15, 0.2) is 0 Å². The number of hydrogen-bond acceptors (Lipinski definition) is 5. The van der Waals surface area contributed by atoms with Gasteiger partial charge in [-0.2, -0.15) is 0 Å². The summed E-state index contributed by atoms with van der Waals surface area (Å²) in [7, 11) is 0. The number of nitrogens with zero attached hydrogens (tertiary/aromatic N) is 2. The fraction of sp³-hybridized carbons (Fsp3) is 0.643. The highest BCUT2D eigenvalue weighted by Gasteiger charge is 2.38. The average molecular weight is 279 g/mol. The number of carbonyl (C=O) groups is 2. The average Bonchev–Trinajstić information content (AvgIpc) is 2.84. The zero-order valence-corrected chi connectivity index (χ0v) is 12.4. The van der Waals surface area contributed by atoms with Crippen LogP contribution in [0.15, 0.2) is 4.52 Å². The molecule has 0 aromatic carbocycles. The molecule has 1 fully saturated rings. The quantitative estimate of drug-likeness (QED) is 0.826. The topological polar surface area (TPSA) is 75.4 Å². The molecule has 2 amide bonds. The fourth-order valence-electron chi connectivity index (χ4n) is 2.77. The third kappa shape index (κ3) is 2.60. The predicted molar refractivity (Wildman–Crippen MR) is 72.9 cm³/mol. The Labute approximate surface area is 118 Å². The van der Waals surface area contributed by atoms with Crippen molar-refractivity contribution in [2.24, 2.45) is 0 Å². The molecule has 1 aliphatic heterocycles. The van der Waals surface area contributed by atoms with Crippen LogP contribution in [-0.4, -0.2) is 34.5 Å². The molecule has 0 spiro atoms. The molecule has 1 N–H and O–H groups in total. The van der Waals surface area contributed by atoms with Crippen LogP contribution in [0.4, 0.5) is 0 Å². The molecule has 1 aromatic heterocycles. The normalized spacial score (nSPS) is 20.8. The molecule has 2 unspecified atom stereocenters. The minimum atomic E-state index is -0.447. The highest BCUT2D eigenvalue weighted by molar-refractivity contribution is 6.05. The molecular formula is C14H21N3O3. The van der Waals surface area contributed by atoms with Gasteiger partial charge in [-0.25, -0.2) is 0 Å². The highest BCUT2D eigenvalue weighted by atomic mass is 16.5. The summed E-state index contributed by atoms with van der Waals surface area (Å²) in [6, 6.07) is -0.526. The van der Waals surface area contributed by atoms with Gasteiger partial charge in [0.25, 0.3) is 0 Å². The summed E-state index contributed by atoms with van der Waals surface area (Å²) in [5.74, 6) is 0.514. The number of likely N-dealkylation sites (tertiary alicyclic amines) is 1. The summed E-state index contributed by atoms with van der Waals surface area (Å²) in [6.45, 7) is 8.11. The van der Waals surface area contributed by atoms with E-state index in [1.165, 1.54) is 4.90 Å². The van der Waals surface area contributed by atoms with Crippen LogP contribution in [0.2, 0.25) is 0 Å². The Morgan fingerprint density at radius 2 is 2.15 bits per heavy atom. The largest absolute Gasteiger partial charge is 0.361 e. The Hall–Kier alpha value is -1.69. The van der Waals surface area contributed by atoms with Gasteiger partial charge in [-0.1, -0.05) is 12.1 Å². The molecule has 0 radical (unpaired) electrons. The van der Waals surface area contributed by atoms with Crippen LogP contribution in [0.5, 0.6) is 0 Å². The molecular weight excluding hydrogens is 258 g/mol. The first-order chi connectivity index (χ1) is 9.45. The van der Waals surface area contributed by atoms with Crippen LogP contribution in [0.25, 0.3) is 0 Å². The van der Waals surface area contributed by atoms with Gasteiger partial charge in [-0.15, -0.1) is 0 Å². The molecule has 110 valence electrons. The predicted octanol–water partition coefficient (Wildman–Crippen LogP) is 1.48. The van der Waals surface area contributed by atoms with Gasteiger partial charge in [-0.3, -0.25) is 19.8 Å². The SMILES string of the molecule is CCCN1C(=O)CC(NC(C)c2c(C)noc2C)C1=O. The van der Waals surface area contributed by atoms with Crippen LogP contribution in [0.1, 0.15) is 49.7 Å². The molecule has 1 aliphatic rings. The van der Waals surface area contributed by atoms with E-state index in [4.69, 9.17) is 4.52 Å². The second kappa shape index (κ2) is 5.75. The minimum absolute atomic E-state index is 0.0791. The number of aryl methyl sites for hydroxylation is 2. The second-order valence-electron chi connectivity index (χ2n) is 5.27. The second-order valence-corrected chi connectivity index (χ2v) is 5.27. The first-order valence-corrected chi connectivity index (χ1v) is 6.98. The third-order valence-electron chi connectivity index (χ3n) is 3.66. The molecule has 1 aromatic rings. The van der Waals surface area contributed by atoms with Crippen molar-refractivity contribution in [1.82, 2.24) is 15.4 Å². The van der Waals surface area contributed by atoms with Crippen molar-refractivity contribution >= 4 is 11.8 Å². The first-order valence-electron chi connectivity index (χ1n) is 6.98. The molecule has 0 aliphatic carbocycles. The number of aromatic nitrogens is 1. The standard InChI is InChI=1S/C14H21N3O3/c1-5-6-17-12(18)7-11(14(17)19)15-8(2)13-9(3)16-20-10(13)4/h8,11,15H,5-7H2,1-4H3. The highest BCUT2D eigenvalue weighted by Crippen LogP contribution is 2.23. The lowest BCUT2D eigenvalue weighted by Gasteiger charge is -2.18. The zero-order valence-electron chi connectivity index (χ0n) is 12.4. The summed E-state index contributed by atoms with van der Waals surface area (Å²) in [6.07, 6.45) is 1.01. The van der Waals surface area contributed by atoms with E-state index in [1.54, 1.807) is 0 Å². The Bertz CT molecular complexity index is 504. The Morgan fingerprint density at radius 1 is 1.45 bits per heavy atom. The number of amides is 2. The van der Waals surface area contributed by atoms with Crippen LogP contribution in [0, 0.1) is 13.8 Å². The fourth-order valence-corrected chi connectivity index (χ4v) is 2.77. The van der Waals surface area contributed by atoms with E-state index in [0.29, 0.717) is 6.54 Å². The van der Waals surface area contributed by atoms with E-state index in [-0.39, 0.29) is 24.3 Å². The van der Waals surface area contributed by atoms with Crippen LogP contribution in [-0.2, 0) is 9.59 Å². The lowest BCUT2D eigenvalue weighted by Crippen LogP contribution is -2.40. The van der Waals surface area contributed by atoms with Crippen LogP contribution in [0.3, 0.4) is 0 Å². The summed E-state index contributed by atoms with van der Waals surface area (Å²) in [5, 5.41) is 7.13. The van der Waals surface area contributed by atoms with E-state index in [0.717, 1.165) is 23.4 Å². The van der Waals surface area contributed by atoms with Crippen molar-refractivity contribution in [3.8, 4) is 0 Å². The van der Waals surface area contributed by atoms with E-state index in [2.05, 4.69) is 10.5 Å². The lowest BCUT2D eigenvalue weighted by molar-refractivity contribution is -0.138. The van der Waals surface area contributed by atoms with Crippen molar-refractivity contribution < 1.29 is 14.1 Å². The van der Waals surface area contributed by atoms with Crippen molar-refractivity contribution in [2.45, 2.75) is 52.6 Å². The molecule has 6 heteroatoms. The van der Waals surface area contributed by atoms with Crippen LogP contribution >= 0.6 is 0 Å². The van der Waals surface area contributed by atoms with Gasteiger partial charge in [0, 0.05) is 18.2 Å². The third-order valence-corrected chi connectivity index (χ3v) is 3.66. The number of imide groups is 1. The van der Waals surface area contributed by atoms with Gasteiger partial charge < -0.3 is 4.52 Å². The summed E-state index contributed by atoms with van der Waals surface area (Å²) >= 11 is 0. The Kier molecular flexibility index (Phi) is 4.23. The van der Waals surface area contributed by atoms with Crippen molar-refractivity contribution in [2.75, 3.05) is 6.54 Å². The van der Waals surface area contributed by atoms with Gasteiger partial charge >= 0.3 is 0 Å². The van der Waals surface area contributed by atoms with Crippen molar-refractivity contribution in [1.29, 1.82) is 0 Å². The maximum Gasteiger partial charge on any atom is 0.246 e. The van der Waals surface area contributed by atoms with Crippen molar-refractivity contribution in [3.05, 3.63) is 17.0 Å². The van der Waals surface area contributed by atoms with E-state index in [1.807, 2.05) is 27.7 Å². The van der Waals surface area contributed by atoms with Crippen LogP contribution < -0.4 is 5.32 Å². The lowest BCUT2D eigenvalue weighted by atomic mass is 10.1. The number of carbonyl (C=O) groups excluding carboxylic acids is 2. The molecule has 2 heterocycles. The Balaban J connectivity index is 2.08. The molecule has 1 saturated heterocycles. The number of rotatable bonds is 5. The van der Waals surface area contributed by atoms with E-state index < -0.39 is 6.04 Å². The first kappa shape index (κ1) is 14.7. The zero-order chi connectivity index (χ0) is 14.9. The maximum absolute atomic E-state index is 12.2. The molecule has 2 atom stereocenters. The van der Waals surface area contributed by atoms with E-state index >= 15 is 0 Å². The Morgan fingerprint density at radius 3 is 2.70 bits per heavy atom. The number of hydrogen-bond donors (Lipinski definition) is 1. The monoisotopic (exact) mass is 279 g/mol. The van der Waals surface area contributed by atoms with E-state index in [9.17, 15) is 9.59 Å². The molecule has 2 rings (SSSR count).